The first-order chi connectivity index (χ1) is 15.8. The maximum atomic E-state index is 12.9. The van der Waals surface area contributed by atoms with Crippen LogP contribution in [0.3, 0.4) is 0 Å². The van der Waals surface area contributed by atoms with Gasteiger partial charge < -0.3 is 19.9 Å². The first kappa shape index (κ1) is 23.1. The van der Waals surface area contributed by atoms with E-state index in [1.807, 2.05) is 39.0 Å². The van der Waals surface area contributed by atoms with Gasteiger partial charge in [-0.2, -0.15) is 5.10 Å². The Morgan fingerprint density at radius 1 is 1.09 bits per heavy atom. The number of likely N-dealkylation sites (tertiary alicyclic amines) is 1. The van der Waals surface area contributed by atoms with Crippen molar-refractivity contribution in [3.8, 4) is 11.3 Å². The molecule has 1 atom stereocenters. The van der Waals surface area contributed by atoms with Crippen LogP contribution < -0.4 is 10.2 Å². The number of aromatic nitrogens is 2. The molecule has 2 aliphatic heterocycles. The number of H-pyrrole nitrogens is 1. The second-order valence-corrected chi connectivity index (χ2v) is 10.0. The highest BCUT2D eigenvalue weighted by Crippen LogP contribution is 2.25. The molecule has 2 fully saturated rings. The van der Waals surface area contributed by atoms with E-state index in [1.54, 1.807) is 4.90 Å². The van der Waals surface area contributed by atoms with Crippen LogP contribution in [0, 0.1) is 5.92 Å². The van der Waals surface area contributed by atoms with E-state index in [4.69, 9.17) is 4.74 Å². The van der Waals surface area contributed by atoms with Gasteiger partial charge in [0.15, 0.2) is 5.82 Å². The number of piperidine rings is 2. The Morgan fingerprint density at radius 2 is 1.82 bits per heavy atom. The largest absolute Gasteiger partial charge is 0.444 e. The van der Waals surface area contributed by atoms with Gasteiger partial charge in [-0.15, -0.1) is 0 Å². The molecule has 1 unspecified atom stereocenters. The van der Waals surface area contributed by atoms with Crippen molar-refractivity contribution in [2.45, 2.75) is 58.1 Å². The molecule has 2 amide bonds. The molecule has 0 spiro atoms. The molecule has 0 aliphatic carbocycles. The average Bonchev–Trinajstić information content (AvgIpc) is 3.29. The molecular weight excluding hydrogens is 418 g/mol. The molecule has 8 heteroatoms. The normalized spacial score (nSPS) is 19.9. The number of hydrogen-bond acceptors (Lipinski definition) is 5. The molecule has 0 saturated carbocycles. The van der Waals surface area contributed by atoms with E-state index in [1.165, 1.54) is 0 Å². The van der Waals surface area contributed by atoms with Crippen LogP contribution >= 0.6 is 0 Å². The van der Waals surface area contributed by atoms with Crippen molar-refractivity contribution in [3.05, 3.63) is 36.4 Å². The number of nitrogens with zero attached hydrogens (tertiary/aromatic N) is 3. The minimum atomic E-state index is -0.506. The number of rotatable bonds is 4. The number of aromatic amines is 1. The molecule has 0 bridgehead atoms. The summed E-state index contributed by atoms with van der Waals surface area (Å²) in [6.45, 7) is 8.39. The number of benzene rings is 1. The third-order valence-corrected chi connectivity index (χ3v) is 6.26. The highest BCUT2D eigenvalue weighted by atomic mass is 16.6. The fraction of sp³-hybridized carbons (Fsp3) is 0.560. The molecule has 178 valence electrons. The topological polar surface area (TPSA) is 90.6 Å². The van der Waals surface area contributed by atoms with Crippen LogP contribution in [0.4, 0.5) is 10.6 Å². The lowest BCUT2D eigenvalue weighted by Crippen LogP contribution is -2.51. The van der Waals surface area contributed by atoms with E-state index in [9.17, 15) is 9.59 Å². The van der Waals surface area contributed by atoms with Gasteiger partial charge in [0.2, 0.25) is 5.91 Å². The Balaban J connectivity index is 1.27. The molecule has 4 rings (SSSR count). The molecule has 2 N–H and O–H groups in total. The lowest BCUT2D eigenvalue weighted by atomic mass is 9.95. The first-order valence-corrected chi connectivity index (χ1v) is 11.9. The van der Waals surface area contributed by atoms with Crippen molar-refractivity contribution in [3.63, 3.8) is 0 Å². The summed E-state index contributed by atoms with van der Waals surface area (Å²) in [4.78, 5) is 29.1. The summed E-state index contributed by atoms with van der Waals surface area (Å²) in [5.41, 5.74) is 1.60. The predicted molar refractivity (Wildman–Crippen MR) is 128 cm³/mol. The summed E-state index contributed by atoms with van der Waals surface area (Å²) in [5, 5.41) is 10.9. The molecule has 2 saturated heterocycles. The quantitative estimate of drug-likeness (QED) is 0.735. The zero-order valence-corrected chi connectivity index (χ0v) is 19.8. The van der Waals surface area contributed by atoms with Crippen molar-refractivity contribution in [1.82, 2.24) is 20.4 Å². The molecule has 2 aromatic rings. The Labute approximate surface area is 195 Å². The summed E-state index contributed by atoms with van der Waals surface area (Å²) < 4.78 is 5.45. The maximum Gasteiger partial charge on any atom is 0.410 e. The van der Waals surface area contributed by atoms with Crippen LogP contribution in [0.1, 0.15) is 46.5 Å². The van der Waals surface area contributed by atoms with Gasteiger partial charge in [-0.3, -0.25) is 9.89 Å². The highest BCUT2D eigenvalue weighted by Gasteiger charge is 2.31. The van der Waals surface area contributed by atoms with Crippen LogP contribution in [0.15, 0.2) is 36.4 Å². The monoisotopic (exact) mass is 453 g/mol. The van der Waals surface area contributed by atoms with Crippen LogP contribution in [-0.2, 0) is 9.53 Å². The Hall–Kier alpha value is -3.03. The third-order valence-electron chi connectivity index (χ3n) is 6.26. The SMILES string of the molecule is CC(C)(C)OC(=O)N1CCC(C(=O)NC2CCCN(c3cc(-c4ccccc4)[nH]n3)C2)CC1. The summed E-state index contributed by atoms with van der Waals surface area (Å²) in [6, 6.07) is 12.3. The first-order valence-electron chi connectivity index (χ1n) is 11.9. The van der Waals surface area contributed by atoms with Gasteiger partial charge in [-0.05, 0) is 52.0 Å². The number of anilines is 1. The Bertz CT molecular complexity index is 944. The molecule has 1 aromatic carbocycles. The fourth-order valence-corrected chi connectivity index (χ4v) is 4.51. The van der Waals surface area contributed by atoms with Crippen LogP contribution in [0.5, 0.6) is 0 Å². The third kappa shape index (κ3) is 6.06. The van der Waals surface area contributed by atoms with Crippen molar-refractivity contribution >= 4 is 17.8 Å². The number of nitrogens with one attached hydrogen (secondary N) is 2. The average molecular weight is 454 g/mol. The van der Waals surface area contributed by atoms with Gasteiger partial charge in [0.25, 0.3) is 0 Å². The molecule has 0 radical (unpaired) electrons. The van der Waals surface area contributed by atoms with Crippen molar-refractivity contribution in [1.29, 1.82) is 0 Å². The Kier molecular flexibility index (Phi) is 6.91. The standard InChI is InChI=1S/C25H35N5O3/c1-25(2,3)33-24(32)29-14-11-19(12-15-29)23(31)26-20-10-7-13-30(17-20)22-16-21(27-28-22)18-8-5-4-6-9-18/h4-6,8-9,16,19-20H,7,10-15,17H2,1-3H3,(H,26,31)(H,27,28). The minimum Gasteiger partial charge on any atom is -0.444 e. The summed E-state index contributed by atoms with van der Waals surface area (Å²) in [6.07, 6.45) is 3.02. The number of ether oxygens (including phenoxy) is 1. The minimum absolute atomic E-state index is 0.0610. The predicted octanol–water partition coefficient (Wildman–Crippen LogP) is 3.81. The van der Waals surface area contributed by atoms with E-state index in [-0.39, 0.29) is 24.0 Å². The van der Waals surface area contributed by atoms with E-state index < -0.39 is 5.60 Å². The fourth-order valence-electron chi connectivity index (χ4n) is 4.51. The zero-order chi connectivity index (χ0) is 23.4. The van der Waals surface area contributed by atoms with Crippen molar-refractivity contribution < 1.29 is 14.3 Å². The Morgan fingerprint density at radius 3 is 2.52 bits per heavy atom. The maximum absolute atomic E-state index is 12.9. The van der Waals surface area contributed by atoms with E-state index in [0.29, 0.717) is 25.9 Å². The van der Waals surface area contributed by atoms with Gasteiger partial charge in [-0.25, -0.2) is 4.79 Å². The molecule has 2 aliphatic rings. The lowest BCUT2D eigenvalue weighted by molar-refractivity contribution is -0.127. The number of carbonyl (C=O) groups is 2. The summed E-state index contributed by atoms with van der Waals surface area (Å²) in [5.74, 6) is 0.949. The van der Waals surface area contributed by atoms with Crippen molar-refractivity contribution in [2.75, 3.05) is 31.1 Å². The van der Waals surface area contributed by atoms with Crippen LogP contribution in [0.2, 0.25) is 0 Å². The number of carbonyl (C=O) groups excluding carboxylic acids is 2. The molecule has 3 heterocycles. The van der Waals surface area contributed by atoms with Crippen LogP contribution in [0.25, 0.3) is 11.3 Å². The molecule has 8 nitrogen and oxygen atoms in total. The van der Waals surface area contributed by atoms with E-state index in [0.717, 1.165) is 43.0 Å². The highest BCUT2D eigenvalue weighted by molar-refractivity contribution is 5.79. The second-order valence-electron chi connectivity index (χ2n) is 10.0. The van der Waals surface area contributed by atoms with Crippen molar-refractivity contribution in [2.24, 2.45) is 5.92 Å². The summed E-state index contributed by atoms with van der Waals surface area (Å²) >= 11 is 0. The van der Waals surface area contributed by atoms with Gasteiger partial charge in [0.1, 0.15) is 5.60 Å². The van der Waals surface area contributed by atoms with Gasteiger partial charge in [0, 0.05) is 44.2 Å². The number of hydrogen-bond donors (Lipinski definition) is 2. The molecule has 33 heavy (non-hydrogen) atoms. The van der Waals surface area contributed by atoms with Gasteiger partial charge in [0.05, 0.1) is 5.69 Å². The van der Waals surface area contributed by atoms with Gasteiger partial charge in [-0.1, -0.05) is 30.3 Å². The zero-order valence-electron chi connectivity index (χ0n) is 19.8. The molecular formula is C25H35N5O3. The van der Waals surface area contributed by atoms with Crippen LogP contribution in [-0.4, -0.2) is 64.9 Å². The second kappa shape index (κ2) is 9.85. The summed E-state index contributed by atoms with van der Waals surface area (Å²) in [7, 11) is 0. The molecule has 1 aromatic heterocycles. The van der Waals surface area contributed by atoms with E-state index >= 15 is 0 Å². The lowest BCUT2D eigenvalue weighted by Gasteiger charge is -2.36. The van der Waals surface area contributed by atoms with Gasteiger partial charge >= 0.3 is 6.09 Å². The number of amides is 2. The smallest absolute Gasteiger partial charge is 0.410 e. The van der Waals surface area contributed by atoms with E-state index in [2.05, 4.69) is 38.6 Å².